The number of guanidine groups is 1. The molecule has 0 unspecified atom stereocenters. The third kappa shape index (κ3) is 7.07. The highest BCUT2D eigenvalue weighted by atomic mass is 16.1. The van der Waals surface area contributed by atoms with Gasteiger partial charge in [-0.1, -0.05) is 38.3 Å². The number of nitrogens with zero attached hydrogens (tertiary/aromatic N) is 4. The quantitative estimate of drug-likeness (QED) is 0.410. The summed E-state index contributed by atoms with van der Waals surface area (Å²) in [4.78, 5) is 21.1. The minimum atomic E-state index is 0.150. The molecule has 8 heteroatoms. The van der Waals surface area contributed by atoms with Crippen LogP contribution in [-0.4, -0.2) is 33.7 Å². The second-order valence-electron chi connectivity index (χ2n) is 8.63. The van der Waals surface area contributed by atoms with Crippen molar-refractivity contribution in [3.8, 4) is 0 Å². The summed E-state index contributed by atoms with van der Waals surface area (Å²) in [6.45, 7) is 3.42. The predicted octanol–water partition coefficient (Wildman–Crippen LogP) is 3.62. The molecule has 1 heterocycles. The van der Waals surface area contributed by atoms with Crippen LogP contribution in [0.4, 0.5) is 5.69 Å². The topological polar surface area (TPSA) is 96.2 Å². The number of nitrogens with one attached hydrogen (secondary N) is 3. The summed E-state index contributed by atoms with van der Waals surface area (Å²) < 4.78 is 1.73. The predicted molar refractivity (Wildman–Crippen MR) is 128 cm³/mol. The zero-order chi connectivity index (χ0) is 22.8. The standard InChI is InChI=1S/C24H37N7O/c1-4-5-6-18-7-11-20(12-8-18)23(32)30-21-13-9-19(10-14-21)15-26-24(25-2)27-16-22-28-17-29-31(22)3/h9-10,13-14,17-18,20H,4-8,11-12,15-16H2,1-3H3,(H,30,32)(H2,25,26,27). The molecular weight excluding hydrogens is 402 g/mol. The number of hydrogen-bond acceptors (Lipinski definition) is 4. The van der Waals surface area contributed by atoms with Crippen molar-refractivity contribution in [3.63, 3.8) is 0 Å². The molecule has 32 heavy (non-hydrogen) atoms. The number of benzene rings is 1. The van der Waals surface area contributed by atoms with Crippen LogP contribution in [0.3, 0.4) is 0 Å². The Hall–Kier alpha value is -2.90. The number of anilines is 1. The average molecular weight is 440 g/mol. The highest BCUT2D eigenvalue weighted by Gasteiger charge is 2.25. The fourth-order valence-corrected chi connectivity index (χ4v) is 4.21. The van der Waals surface area contributed by atoms with Gasteiger partial charge < -0.3 is 16.0 Å². The maximum atomic E-state index is 12.7. The zero-order valence-electron chi connectivity index (χ0n) is 19.6. The first-order valence-corrected chi connectivity index (χ1v) is 11.8. The number of aliphatic imine (C=N–C) groups is 1. The first-order chi connectivity index (χ1) is 15.6. The summed E-state index contributed by atoms with van der Waals surface area (Å²) >= 11 is 0. The summed E-state index contributed by atoms with van der Waals surface area (Å²) in [7, 11) is 3.60. The van der Waals surface area contributed by atoms with Crippen LogP contribution in [0, 0.1) is 11.8 Å². The first kappa shape index (κ1) is 23.8. The fourth-order valence-electron chi connectivity index (χ4n) is 4.21. The number of amides is 1. The highest BCUT2D eigenvalue weighted by Crippen LogP contribution is 2.32. The van der Waals surface area contributed by atoms with Gasteiger partial charge in [0.05, 0.1) is 6.54 Å². The summed E-state index contributed by atoms with van der Waals surface area (Å²) in [6.07, 6.45) is 9.84. The van der Waals surface area contributed by atoms with Gasteiger partial charge in [-0.25, -0.2) is 4.98 Å². The lowest BCUT2D eigenvalue weighted by atomic mass is 9.79. The molecular formula is C24H37N7O. The maximum absolute atomic E-state index is 12.7. The number of carbonyl (C=O) groups excluding carboxylic acids is 1. The lowest BCUT2D eigenvalue weighted by Gasteiger charge is -2.27. The number of aromatic nitrogens is 3. The first-order valence-electron chi connectivity index (χ1n) is 11.8. The van der Waals surface area contributed by atoms with Crippen LogP contribution in [-0.2, 0) is 24.9 Å². The van der Waals surface area contributed by atoms with Crippen LogP contribution < -0.4 is 16.0 Å². The molecule has 1 aliphatic carbocycles. The normalized spacial score (nSPS) is 18.9. The van der Waals surface area contributed by atoms with Crippen LogP contribution in [0.5, 0.6) is 0 Å². The second-order valence-corrected chi connectivity index (χ2v) is 8.63. The Morgan fingerprint density at radius 3 is 2.47 bits per heavy atom. The largest absolute Gasteiger partial charge is 0.352 e. The van der Waals surface area contributed by atoms with Crippen molar-refractivity contribution >= 4 is 17.6 Å². The van der Waals surface area contributed by atoms with E-state index in [4.69, 9.17) is 0 Å². The third-order valence-corrected chi connectivity index (χ3v) is 6.31. The van der Waals surface area contributed by atoms with Gasteiger partial charge in [0.15, 0.2) is 5.96 Å². The van der Waals surface area contributed by atoms with Gasteiger partial charge in [0.25, 0.3) is 0 Å². The third-order valence-electron chi connectivity index (χ3n) is 6.31. The molecule has 1 fully saturated rings. The van der Waals surface area contributed by atoms with Crippen molar-refractivity contribution < 1.29 is 4.79 Å². The molecule has 0 spiro atoms. The summed E-state index contributed by atoms with van der Waals surface area (Å²) in [5, 5.41) is 13.7. The Kier molecular flexibility index (Phi) is 9.07. The molecule has 2 aromatic rings. The molecule has 1 aromatic carbocycles. The highest BCUT2D eigenvalue weighted by molar-refractivity contribution is 5.92. The molecule has 0 bridgehead atoms. The van der Waals surface area contributed by atoms with E-state index in [1.54, 1.807) is 11.7 Å². The van der Waals surface area contributed by atoms with Gasteiger partial charge >= 0.3 is 0 Å². The molecule has 3 N–H and O–H groups in total. The monoisotopic (exact) mass is 439 g/mol. The van der Waals surface area contributed by atoms with E-state index in [1.807, 2.05) is 31.3 Å². The zero-order valence-corrected chi connectivity index (χ0v) is 19.6. The van der Waals surface area contributed by atoms with Crippen molar-refractivity contribution in [1.82, 2.24) is 25.4 Å². The van der Waals surface area contributed by atoms with E-state index in [-0.39, 0.29) is 11.8 Å². The number of hydrogen-bond donors (Lipinski definition) is 3. The minimum absolute atomic E-state index is 0.150. The molecule has 3 rings (SSSR count). The number of rotatable bonds is 9. The number of carbonyl (C=O) groups is 1. The van der Waals surface area contributed by atoms with Crippen LogP contribution in [0.15, 0.2) is 35.6 Å². The Morgan fingerprint density at radius 2 is 1.84 bits per heavy atom. The second kappa shape index (κ2) is 12.2. The van der Waals surface area contributed by atoms with Crippen molar-refractivity contribution in [2.45, 2.75) is 65.0 Å². The van der Waals surface area contributed by atoms with E-state index >= 15 is 0 Å². The lowest BCUT2D eigenvalue weighted by molar-refractivity contribution is -0.121. The van der Waals surface area contributed by atoms with Gasteiger partial charge in [0.1, 0.15) is 12.2 Å². The van der Waals surface area contributed by atoms with Crippen molar-refractivity contribution in [1.29, 1.82) is 0 Å². The molecule has 0 aliphatic heterocycles. The van der Waals surface area contributed by atoms with Gasteiger partial charge in [-0.15, -0.1) is 0 Å². The Morgan fingerprint density at radius 1 is 1.12 bits per heavy atom. The molecule has 1 aromatic heterocycles. The van der Waals surface area contributed by atoms with Gasteiger partial charge in [0.2, 0.25) is 5.91 Å². The summed E-state index contributed by atoms with van der Waals surface area (Å²) in [6, 6.07) is 8.00. The van der Waals surface area contributed by atoms with E-state index < -0.39 is 0 Å². The van der Waals surface area contributed by atoms with Crippen molar-refractivity contribution in [3.05, 3.63) is 42.0 Å². The SMILES string of the molecule is CCCCC1CCC(C(=O)Nc2ccc(CNC(=NC)NCc3ncnn3C)cc2)CC1. The van der Waals surface area contributed by atoms with E-state index in [2.05, 4.69) is 37.9 Å². The van der Waals surface area contributed by atoms with Gasteiger partial charge in [-0.2, -0.15) is 5.10 Å². The number of unbranched alkanes of at least 4 members (excludes halogenated alkanes) is 1. The molecule has 1 amide bonds. The molecule has 174 valence electrons. The molecule has 0 atom stereocenters. The van der Waals surface area contributed by atoms with E-state index in [0.717, 1.165) is 35.8 Å². The van der Waals surface area contributed by atoms with Crippen LogP contribution >= 0.6 is 0 Å². The van der Waals surface area contributed by atoms with E-state index in [1.165, 1.54) is 38.4 Å². The van der Waals surface area contributed by atoms with E-state index in [9.17, 15) is 4.79 Å². The molecule has 8 nitrogen and oxygen atoms in total. The smallest absolute Gasteiger partial charge is 0.227 e. The summed E-state index contributed by atoms with van der Waals surface area (Å²) in [5.41, 5.74) is 1.97. The molecule has 1 saturated carbocycles. The van der Waals surface area contributed by atoms with Crippen LogP contribution in [0.2, 0.25) is 0 Å². The molecule has 0 radical (unpaired) electrons. The van der Waals surface area contributed by atoms with Crippen molar-refractivity contribution in [2.75, 3.05) is 12.4 Å². The average Bonchev–Trinajstić information content (AvgIpc) is 3.23. The minimum Gasteiger partial charge on any atom is -0.352 e. The Labute approximate surface area is 191 Å². The van der Waals surface area contributed by atoms with Crippen LogP contribution in [0.25, 0.3) is 0 Å². The Balaban J connectivity index is 1.40. The van der Waals surface area contributed by atoms with Gasteiger partial charge in [0, 0.05) is 32.2 Å². The Bertz CT molecular complexity index is 867. The summed E-state index contributed by atoms with van der Waals surface area (Å²) in [5.74, 6) is 2.66. The number of aryl methyl sites for hydroxylation is 1. The van der Waals surface area contributed by atoms with E-state index in [0.29, 0.717) is 19.0 Å². The van der Waals surface area contributed by atoms with Gasteiger partial charge in [-0.3, -0.25) is 14.5 Å². The maximum Gasteiger partial charge on any atom is 0.227 e. The molecule has 0 saturated heterocycles. The van der Waals surface area contributed by atoms with Crippen molar-refractivity contribution in [2.24, 2.45) is 23.9 Å². The van der Waals surface area contributed by atoms with Crippen LogP contribution in [0.1, 0.15) is 63.3 Å². The fraction of sp³-hybridized carbons (Fsp3) is 0.583. The van der Waals surface area contributed by atoms with Gasteiger partial charge in [-0.05, 0) is 49.3 Å². The molecule has 1 aliphatic rings. The lowest BCUT2D eigenvalue weighted by Crippen LogP contribution is -2.36.